The lowest BCUT2D eigenvalue weighted by Crippen LogP contribution is -2.40. The highest BCUT2D eigenvalue weighted by molar-refractivity contribution is 5.76. The molecule has 1 rings (SSSR count). The maximum atomic E-state index is 11.8. The molecule has 0 aliphatic heterocycles. The van der Waals surface area contributed by atoms with E-state index >= 15 is 0 Å². The number of nitro groups is 1. The number of hydrogen-bond donors (Lipinski definition) is 2. The second-order valence-corrected chi connectivity index (χ2v) is 5.88. The third-order valence-electron chi connectivity index (χ3n) is 3.13. The number of nitro benzene ring substituents is 1. The monoisotopic (exact) mass is 279 g/mol. The summed E-state index contributed by atoms with van der Waals surface area (Å²) in [7, 11) is 0. The molecular formula is C14H21N3O3. The highest BCUT2D eigenvalue weighted by Gasteiger charge is 2.22. The van der Waals surface area contributed by atoms with Crippen LogP contribution >= 0.6 is 0 Å². The van der Waals surface area contributed by atoms with Gasteiger partial charge < -0.3 is 11.1 Å². The molecule has 0 aliphatic carbocycles. The van der Waals surface area contributed by atoms with E-state index in [1.54, 1.807) is 12.1 Å². The summed E-state index contributed by atoms with van der Waals surface area (Å²) in [6.07, 6.45) is 0.235. The molecule has 6 heteroatoms. The number of nitrogens with two attached hydrogens (primary N) is 1. The minimum Gasteiger partial charge on any atom is -0.352 e. The normalized spacial score (nSPS) is 12.8. The molecule has 0 fully saturated rings. The molecule has 1 aromatic carbocycles. The van der Waals surface area contributed by atoms with Gasteiger partial charge in [0.05, 0.1) is 4.92 Å². The van der Waals surface area contributed by atoms with E-state index in [4.69, 9.17) is 5.73 Å². The molecule has 0 radical (unpaired) electrons. The standard InChI is InChI=1S/C14H21N3O3/c1-14(2,3)12(15)8-13(18)16-9-10-5-4-6-11(7-10)17(19)20/h4-7,12H,8-9,15H2,1-3H3,(H,16,18). The number of nitrogens with zero attached hydrogens (tertiary/aromatic N) is 1. The second kappa shape index (κ2) is 6.47. The summed E-state index contributed by atoms with van der Waals surface area (Å²) in [5.41, 5.74) is 6.51. The van der Waals surface area contributed by atoms with Gasteiger partial charge in [0.15, 0.2) is 0 Å². The Morgan fingerprint density at radius 1 is 1.45 bits per heavy atom. The van der Waals surface area contributed by atoms with Gasteiger partial charge >= 0.3 is 0 Å². The zero-order chi connectivity index (χ0) is 15.3. The van der Waals surface area contributed by atoms with Crippen LogP contribution in [0.15, 0.2) is 24.3 Å². The molecular weight excluding hydrogens is 258 g/mol. The SMILES string of the molecule is CC(C)(C)C(N)CC(=O)NCc1cccc([N+](=O)[O-])c1. The van der Waals surface area contributed by atoms with Gasteiger partial charge in [-0.2, -0.15) is 0 Å². The van der Waals surface area contributed by atoms with Crippen molar-refractivity contribution in [1.82, 2.24) is 5.32 Å². The van der Waals surface area contributed by atoms with Gasteiger partial charge in [0, 0.05) is 31.1 Å². The maximum Gasteiger partial charge on any atom is 0.269 e. The fraction of sp³-hybridized carbons (Fsp3) is 0.500. The number of hydrogen-bond acceptors (Lipinski definition) is 4. The quantitative estimate of drug-likeness (QED) is 0.636. The van der Waals surface area contributed by atoms with E-state index in [1.165, 1.54) is 12.1 Å². The van der Waals surface area contributed by atoms with Crippen LogP contribution in [0, 0.1) is 15.5 Å². The number of rotatable bonds is 5. The fourth-order valence-electron chi connectivity index (χ4n) is 1.56. The minimum absolute atomic E-state index is 0.0168. The van der Waals surface area contributed by atoms with Crippen molar-refractivity contribution in [2.24, 2.45) is 11.1 Å². The van der Waals surface area contributed by atoms with Crippen molar-refractivity contribution in [2.45, 2.75) is 39.8 Å². The van der Waals surface area contributed by atoms with Crippen molar-refractivity contribution in [3.05, 3.63) is 39.9 Å². The number of nitrogens with one attached hydrogen (secondary N) is 1. The Hall–Kier alpha value is -1.95. The Bertz CT molecular complexity index is 495. The molecule has 0 heterocycles. The molecule has 0 bridgehead atoms. The summed E-state index contributed by atoms with van der Waals surface area (Å²) < 4.78 is 0. The number of amides is 1. The molecule has 0 saturated carbocycles. The first-order chi connectivity index (χ1) is 9.20. The van der Waals surface area contributed by atoms with Crippen LogP contribution in [0.25, 0.3) is 0 Å². The average Bonchev–Trinajstić information content (AvgIpc) is 2.35. The molecule has 0 aromatic heterocycles. The van der Waals surface area contributed by atoms with Gasteiger partial charge in [-0.05, 0) is 11.0 Å². The van der Waals surface area contributed by atoms with Crippen LogP contribution in [0.4, 0.5) is 5.69 Å². The van der Waals surface area contributed by atoms with Gasteiger partial charge in [-0.15, -0.1) is 0 Å². The third kappa shape index (κ3) is 4.97. The number of benzene rings is 1. The molecule has 1 amide bonds. The van der Waals surface area contributed by atoms with Crippen molar-refractivity contribution in [2.75, 3.05) is 0 Å². The lowest BCUT2D eigenvalue weighted by atomic mass is 9.85. The molecule has 0 aliphatic rings. The summed E-state index contributed by atoms with van der Waals surface area (Å²) in [5, 5.41) is 13.4. The molecule has 1 unspecified atom stereocenters. The molecule has 110 valence electrons. The van der Waals surface area contributed by atoms with Gasteiger partial charge in [0.2, 0.25) is 5.91 Å². The molecule has 1 aromatic rings. The van der Waals surface area contributed by atoms with Gasteiger partial charge in [0.1, 0.15) is 0 Å². The number of non-ortho nitro benzene ring substituents is 1. The van der Waals surface area contributed by atoms with Crippen molar-refractivity contribution >= 4 is 11.6 Å². The smallest absolute Gasteiger partial charge is 0.269 e. The summed E-state index contributed by atoms with van der Waals surface area (Å²) in [6, 6.07) is 5.97. The minimum atomic E-state index is -0.458. The maximum absolute atomic E-state index is 11.8. The Morgan fingerprint density at radius 2 is 2.10 bits per heavy atom. The van der Waals surface area contributed by atoms with Crippen LogP contribution in [0.2, 0.25) is 0 Å². The van der Waals surface area contributed by atoms with Crippen molar-refractivity contribution in [1.29, 1.82) is 0 Å². The zero-order valence-corrected chi connectivity index (χ0v) is 12.1. The first-order valence-corrected chi connectivity index (χ1v) is 6.46. The molecule has 0 saturated heterocycles. The summed E-state index contributed by atoms with van der Waals surface area (Å²) in [5.74, 6) is -0.154. The van der Waals surface area contributed by atoms with E-state index in [1.807, 2.05) is 20.8 Å². The Morgan fingerprint density at radius 3 is 2.65 bits per heavy atom. The highest BCUT2D eigenvalue weighted by atomic mass is 16.6. The fourth-order valence-corrected chi connectivity index (χ4v) is 1.56. The first-order valence-electron chi connectivity index (χ1n) is 6.46. The molecule has 0 spiro atoms. The van der Waals surface area contributed by atoms with Gasteiger partial charge in [-0.3, -0.25) is 14.9 Å². The number of carbonyl (C=O) groups excluding carboxylic acids is 1. The van der Waals surface area contributed by atoms with E-state index in [2.05, 4.69) is 5.32 Å². The van der Waals surface area contributed by atoms with E-state index in [0.717, 1.165) is 0 Å². The third-order valence-corrected chi connectivity index (χ3v) is 3.13. The summed E-state index contributed by atoms with van der Waals surface area (Å²) >= 11 is 0. The van der Waals surface area contributed by atoms with Crippen LogP contribution in [0.5, 0.6) is 0 Å². The first kappa shape index (κ1) is 16.1. The van der Waals surface area contributed by atoms with Gasteiger partial charge in [-0.1, -0.05) is 32.9 Å². The Balaban J connectivity index is 2.53. The Kier molecular flexibility index (Phi) is 5.21. The van der Waals surface area contributed by atoms with Gasteiger partial charge in [0.25, 0.3) is 5.69 Å². The van der Waals surface area contributed by atoms with Crippen LogP contribution < -0.4 is 11.1 Å². The van der Waals surface area contributed by atoms with E-state index in [9.17, 15) is 14.9 Å². The van der Waals surface area contributed by atoms with Crippen LogP contribution in [0.1, 0.15) is 32.8 Å². The summed E-state index contributed by atoms with van der Waals surface area (Å²) in [4.78, 5) is 22.0. The van der Waals surface area contributed by atoms with Crippen molar-refractivity contribution in [3.63, 3.8) is 0 Å². The molecule has 3 N–H and O–H groups in total. The van der Waals surface area contributed by atoms with Crippen LogP contribution in [-0.2, 0) is 11.3 Å². The van der Waals surface area contributed by atoms with Crippen molar-refractivity contribution in [3.8, 4) is 0 Å². The van der Waals surface area contributed by atoms with E-state index in [0.29, 0.717) is 5.56 Å². The molecule has 6 nitrogen and oxygen atoms in total. The second-order valence-electron chi connectivity index (χ2n) is 5.88. The Labute approximate surface area is 118 Å². The van der Waals surface area contributed by atoms with Crippen LogP contribution in [-0.4, -0.2) is 16.9 Å². The highest BCUT2D eigenvalue weighted by Crippen LogP contribution is 2.19. The average molecular weight is 279 g/mol. The van der Waals surface area contributed by atoms with E-state index < -0.39 is 4.92 Å². The van der Waals surface area contributed by atoms with Crippen LogP contribution in [0.3, 0.4) is 0 Å². The topological polar surface area (TPSA) is 98.3 Å². The number of carbonyl (C=O) groups is 1. The van der Waals surface area contributed by atoms with Gasteiger partial charge in [-0.25, -0.2) is 0 Å². The lowest BCUT2D eigenvalue weighted by molar-refractivity contribution is -0.384. The lowest BCUT2D eigenvalue weighted by Gasteiger charge is -2.26. The summed E-state index contributed by atoms with van der Waals surface area (Å²) in [6.45, 7) is 6.19. The molecule has 1 atom stereocenters. The largest absolute Gasteiger partial charge is 0.352 e. The van der Waals surface area contributed by atoms with E-state index in [-0.39, 0.29) is 36.0 Å². The van der Waals surface area contributed by atoms with Crippen molar-refractivity contribution < 1.29 is 9.72 Å². The molecule has 20 heavy (non-hydrogen) atoms. The zero-order valence-electron chi connectivity index (χ0n) is 12.1. The predicted molar refractivity (Wildman–Crippen MR) is 77.0 cm³/mol. The predicted octanol–water partition coefficient (Wildman–Crippen LogP) is 1.97.